The molecule has 1 amide bonds. The topological polar surface area (TPSA) is 108 Å². The Hall–Kier alpha value is -3.40. The van der Waals surface area contributed by atoms with E-state index in [0.29, 0.717) is 18.7 Å². The molecule has 3 aromatic rings. The predicted molar refractivity (Wildman–Crippen MR) is 151 cm³/mol. The van der Waals surface area contributed by atoms with Gasteiger partial charge in [0.1, 0.15) is 5.75 Å². The second kappa shape index (κ2) is 14.5. The van der Waals surface area contributed by atoms with Gasteiger partial charge in [0.2, 0.25) is 15.9 Å². The first-order valence-corrected chi connectivity index (χ1v) is 14.3. The Kier molecular flexibility index (Phi) is 11.1. The highest BCUT2D eigenvalue weighted by Gasteiger charge is 2.23. The predicted octanol–water partition coefficient (Wildman–Crippen LogP) is 3.12. The maximum atomic E-state index is 12.8. The molecule has 9 heteroatoms. The molecule has 2 atom stereocenters. The Labute approximate surface area is 225 Å². The lowest BCUT2D eigenvalue weighted by Crippen LogP contribution is -2.48. The Balaban J connectivity index is 1.54. The number of hydrogen-bond acceptors (Lipinski definition) is 6. The third-order valence-electron chi connectivity index (χ3n) is 6.27. The number of nitrogens with zero attached hydrogens (tertiary/aromatic N) is 1. The summed E-state index contributed by atoms with van der Waals surface area (Å²) in [7, 11) is -0.436. The van der Waals surface area contributed by atoms with Gasteiger partial charge in [-0.2, -0.15) is 0 Å². The molecule has 0 heterocycles. The van der Waals surface area contributed by atoms with Gasteiger partial charge in [-0.15, -0.1) is 0 Å². The van der Waals surface area contributed by atoms with Crippen molar-refractivity contribution in [1.29, 1.82) is 0 Å². The second-order valence-electron chi connectivity index (χ2n) is 9.14. The molecule has 0 fully saturated rings. The van der Waals surface area contributed by atoms with Gasteiger partial charge in [-0.05, 0) is 48.2 Å². The molecule has 0 spiro atoms. The van der Waals surface area contributed by atoms with Crippen LogP contribution in [0.4, 0.5) is 5.69 Å². The number of sulfonamides is 1. The van der Waals surface area contributed by atoms with Gasteiger partial charge in [-0.3, -0.25) is 9.10 Å². The monoisotopic (exact) mass is 539 g/mol. The number of amides is 1. The van der Waals surface area contributed by atoms with Crippen molar-refractivity contribution in [2.75, 3.05) is 30.8 Å². The van der Waals surface area contributed by atoms with Crippen LogP contribution in [0.2, 0.25) is 0 Å². The molecule has 0 unspecified atom stereocenters. The second-order valence-corrected chi connectivity index (χ2v) is 11.3. The molecule has 38 heavy (non-hydrogen) atoms. The van der Waals surface area contributed by atoms with E-state index in [1.54, 1.807) is 31.4 Å². The first-order chi connectivity index (χ1) is 18.3. The SMILES string of the molecule is COc1cccc(CNC[C@@H](O)[C@H](Cc2ccccc2)NC(=O)CCCS(=O)(=O)N(C)c2ccccc2)c1. The molecular formula is C29H37N3O5S. The van der Waals surface area contributed by atoms with Crippen LogP contribution in [0.15, 0.2) is 84.9 Å². The maximum absolute atomic E-state index is 12.8. The Bertz CT molecular complexity index is 1240. The standard InChI is InChI=1S/C29H37N3O5S/c1-32(25-14-7-4-8-15-25)38(35,36)18-10-17-29(34)31-27(20-23-11-5-3-6-12-23)28(33)22-30-21-24-13-9-16-26(19-24)37-2/h3-9,11-16,19,27-28,30,33H,10,17-18,20-22H2,1-2H3,(H,31,34)/t27-,28+/m0/s1. The van der Waals surface area contributed by atoms with Gasteiger partial charge in [-0.1, -0.05) is 60.7 Å². The summed E-state index contributed by atoms with van der Waals surface area (Å²) in [5.41, 5.74) is 2.57. The van der Waals surface area contributed by atoms with Crippen LogP contribution in [0, 0.1) is 0 Å². The van der Waals surface area contributed by atoms with Gasteiger partial charge < -0.3 is 20.5 Å². The van der Waals surface area contributed by atoms with E-state index in [9.17, 15) is 18.3 Å². The summed E-state index contributed by atoms with van der Waals surface area (Å²) in [6.45, 7) is 0.804. The lowest BCUT2D eigenvalue weighted by Gasteiger charge is -2.25. The van der Waals surface area contributed by atoms with Crippen LogP contribution in [-0.4, -0.2) is 58.0 Å². The Morgan fingerprint density at radius 1 is 0.974 bits per heavy atom. The third-order valence-corrected chi connectivity index (χ3v) is 8.12. The van der Waals surface area contributed by atoms with Crippen molar-refractivity contribution in [2.45, 2.75) is 38.0 Å². The number of methoxy groups -OCH3 is 1. The van der Waals surface area contributed by atoms with Crippen LogP contribution in [0.1, 0.15) is 24.0 Å². The lowest BCUT2D eigenvalue weighted by atomic mass is 10.0. The number of carbonyl (C=O) groups is 1. The molecule has 0 aliphatic heterocycles. The number of ether oxygens (including phenoxy) is 1. The summed E-state index contributed by atoms with van der Waals surface area (Å²) in [5, 5.41) is 17.1. The summed E-state index contributed by atoms with van der Waals surface area (Å²) in [6, 6.07) is 25.6. The molecule has 0 radical (unpaired) electrons. The van der Waals surface area contributed by atoms with Gasteiger partial charge in [0, 0.05) is 26.6 Å². The van der Waals surface area contributed by atoms with Gasteiger partial charge >= 0.3 is 0 Å². The number of para-hydroxylation sites is 1. The van der Waals surface area contributed by atoms with Crippen molar-refractivity contribution >= 4 is 21.6 Å². The molecule has 0 saturated heterocycles. The first-order valence-electron chi connectivity index (χ1n) is 12.6. The average molecular weight is 540 g/mol. The molecule has 3 aromatic carbocycles. The number of benzene rings is 3. The summed E-state index contributed by atoms with van der Waals surface area (Å²) in [6.07, 6.45) is -0.188. The van der Waals surface area contributed by atoms with Crippen LogP contribution >= 0.6 is 0 Å². The summed E-state index contributed by atoms with van der Waals surface area (Å²) >= 11 is 0. The van der Waals surface area contributed by atoms with E-state index in [1.807, 2.05) is 60.7 Å². The van der Waals surface area contributed by atoms with Crippen molar-refractivity contribution in [2.24, 2.45) is 0 Å². The normalized spacial score (nSPS) is 12.9. The average Bonchev–Trinajstić information content (AvgIpc) is 2.93. The molecule has 0 aliphatic carbocycles. The van der Waals surface area contributed by atoms with Crippen molar-refractivity contribution in [1.82, 2.24) is 10.6 Å². The highest BCUT2D eigenvalue weighted by atomic mass is 32.2. The van der Waals surface area contributed by atoms with Crippen molar-refractivity contribution in [3.05, 3.63) is 96.1 Å². The minimum atomic E-state index is -3.56. The zero-order valence-corrected chi connectivity index (χ0v) is 22.7. The number of aliphatic hydroxyl groups excluding tert-OH is 1. The van der Waals surface area contributed by atoms with Crippen LogP contribution in [0.5, 0.6) is 5.75 Å². The zero-order chi connectivity index (χ0) is 27.4. The summed E-state index contributed by atoms with van der Waals surface area (Å²) in [5.74, 6) is 0.311. The van der Waals surface area contributed by atoms with Crippen LogP contribution < -0.4 is 19.7 Å². The van der Waals surface area contributed by atoms with E-state index in [0.717, 1.165) is 16.9 Å². The third kappa shape index (κ3) is 9.16. The van der Waals surface area contributed by atoms with Crippen LogP contribution in [0.25, 0.3) is 0 Å². The van der Waals surface area contributed by atoms with E-state index in [1.165, 1.54) is 11.4 Å². The maximum Gasteiger partial charge on any atom is 0.234 e. The molecule has 8 nitrogen and oxygen atoms in total. The number of anilines is 1. The zero-order valence-electron chi connectivity index (χ0n) is 21.9. The molecular weight excluding hydrogens is 502 g/mol. The molecule has 0 saturated carbocycles. The number of nitrogens with one attached hydrogen (secondary N) is 2. The van der Waals surface area contributed by atoms with Gasteiger partial charge in [0.05, 0.1) is 30.7 Å². The van der Waals surface area contributed by atoms with E-state index in [2.05, 4.69) is 10.6 Å². The molecule has 204 valence electrons. The lowest BCUT2D eigenvalue weighted by molar-refractivity contribution is -0.122. The molecule has 0 aliphatic rings. The number of aliphatic hydroxyl groups is 1. The van der Waals surface area contributed by atoms with Gasteiger partial charge in [0.25, 0.3) is 0 Å². The first kappa shape index (κ1) is 29.2. The number of rotatable bonds is 15. The van der Waals surface area contributed by atoms with E-state index in [4.69, 9.17) is 4.74 Å². The fourth-order valence-corrected chi connectivity index (χ4v) is 5.30. The minimum absolute atomic E-state index is 0.0388. The Morgan fingerprint density at radius 3 is 2.32 bits per heavy atom. The fourth-order valence-electron chi connectivity index (χ4n) is 4.07. The van der Waals surface area contributed by atoms with Gasteiger partial charge in [0.15, 0.2) is 0 Å². The largest absolute Gasteiger partial charge is 0.497 e. The number of carbonyl (C=O) groups excluding carboxylic acids is 1. The van der Waals surface area contributed by atoms with Crippen molar-refractivity contribution in [3.63, 3.8) is 0 Å². The molecule has 3 rings (SSSR count). The highest BCUT2D eigenvalue weighted by Crippen LogP contribution is 2.16. The molecule has 0 aromatic heterocycles. The number of hydrogen-bond donors (Lipinski definition) is 3. The molecule has 3 N–H and O–H groups in total. The smallest absolute Gasteiger partial charge is 0.234 e. The Morgan fingerprint density at radius 2 is 1.63 bits per heavy atom. The van der Waals surface area contributed by atoms with E-state index < -0.39 is 22.2 Å². The summed E-state index contributed by atoms with van der Waals surface area (Å²) < 4.78 is 31.9. The quantitative estimate of drug-likeness (QED) is 0.274. The van der Waals surface area contributed by atoms with Crippen molar-refractivity contribution in [3.8, 4) is 5.75 Å². The van der Waals surface area contributed by atoms with Crippen LogP contribution in [0.3, 0.4) is 0 Å². The fraction of sp³-hybridized carbons (Fsp3) is 0.345. The summed E-state index contributed by atoms with van der Waals surface area (Å²) in [4.78, 5) is 12.8. The van der Waals surface area contributed by atoms with Gasteiger partial charge in [-0.25, -0.2) is 8.42 Å². The highest BCUT2D eigenvalue weighted by molar-refractivity contribution is 7.92. The van der Waals surface area contributed by atoms with Crippen molar-refractivity contribution < 1.29 is 23.1 Å². The van der Waals surface area contributed by atoms with E-state index in [-0.39, 0.29) is 31.0 Å². The van der Waals surface area contributed by atoms with Crippen LogP contribution in [-0.2, 0) is 27.8 Å². The van der Waals surface area contributed by atoms with E-state index >= 15 is 0 Å². The minimum Gasteiger partial charge on any atom is -0.497 e. The molecule has 0 bridgehead atoms.